The molecule has 2 aromatic rings. The van der Waals surface area contributed by atoms with E-state index in [0.29, 0.717) is 10.8 Å². The van der Waals surface area contributed by atoms with Crippen molar-refractivity contribution >= 4 is 28.4 Å². The Kier molecular flexibility index (Phi) is 3.88. The normalized spacial score (nSPS) is 10.3. The van der Waals surface area contributed by atoms with E-state index < -0.39 is 0 Å². The lowest BCUT2D eigenvalue weighted by Gasteiger charge is -1.96. The summed E-state index contributed by atoms with van der Waals surface area (Å²) in [6.45, 7) is 4.62. The van der Waals surface area contributed by atoms with Crippen LogP contribution in [-0.4, -0.2) is 27.6 Å². The van der Waals surface area contributed by atoms with Gasteiger partial charge < -0.3 is 9.73 Å². The van der Waals surface area contributed by atoms with Crippen LogP contribution in [0.4, 0.5) is 11.1 Å². The van der Waals surface area contributed by atoms with E-state index >= 15 is 0 Å². The van der Waals surface area contributed by atoms with E-state index in [1.54, 1.807) is 6.92 Å². The molecule has 0 aromatic carbocycles. The number of hydrogen-bond donors (Lipinski definition) is 2. The topological polar surface area (TPSA) is 92.9 Å². The summed E-state index contributed by atoms with van der Waals surface area (Å²) in [5.74, 6) is -0.376. The lowest BCUT2D eigenvalue weighted by molar-refractivity contribution is 0.102. The van der Waals surface area contributed by atoms with Gasteiger partial charge in [-0.2, -0.15) is 4.98 Å². The predicted octanol–water partition coefficient (Wildman–Crippen LogP) is 1.91. The van der Waals surface area contributed by atoms with Crippen molar-refractivity contribution in [1.29, 1.82) is 0 Å². The first-order valence-electron chi connectivity index (χ1n) is 5.50. The van der Waals surface area contributed by atoms with Gasteiger partial charge in [0.1, 0.15) is 6.26 Å². The number of anilines is 2. The Morgan fingerprint density at radius 1 is 1.50 bits per heavy atom. The molecule has 8 heteroatoms. The van der Waals surface area contributed by atoms with Gasteiger partial charge in [-0.05, 0) is 13.3 Å². The van der Waals surface area contributed by atoms with Gasteiger partial charge in [-0.25, -0.2) is 0 Å². The van der Waals surface area contributed by atoms with Crippen LogP contribution in [0, 0.1) is 6.92 Å². The fourth-order valence-electron chi connectivity index (χ4n) is 1.18. The highest BCUT2D eigenvalue weighted by Crippen LogP contribution is 2.16. The fraction of sp³-hybridized carbons (Fsp3) is 0.400. The Labute approximate surface area is 108 Å². The van der Waals surface area contributed by atoms with E-state index in [4.69, 9.17) is 4.42 Å². The summed E-state index contributed by atoms with van der Waals surface area (Å²) in [7, 11) is 0. The number of carbonyl (C=O) groups is 1. The molecule has 0 aliphatic heterocycles. The first kappa shape index (κ1) is 12.5. The van der Waals surface area contributed by atoms with E-state index in [9.17, 15) is 4.79 Å². The maximum absolute atomic E-state index is 11.8. The molecule has 0 radical (unpaired) electrons. The number of nitrogens with one attached hydrogen (secondary N) is 2. The van der Waals surface area contributed by atoms with E-state index in [1.165, 1.54) is 17.6 Å². The van der Waals surface area contributed by atoms with Crippen LogP contribution in [0.15, 0.2) is 10.7 Å². The molecular weight excluding hydrogens is 254 g/mol. The SMILES string of the molecule is CCCNc1nnc(C(=O)Nc2nc(C)co2)s1. The highest BCUT2D eigenvalue weighted by molar-refractivity contribution is 7.17. The minimum absolute atomic E-state index is 0.163. The second-order valence-electron chi connectivity index (χ2n) is 3.59. The number of rotatable bonds is 5. The summed E-state index contributed by atoms with van der Waals surface area (Å²) in [5.41, 5.74) is 0.702. The van der Waals surface area contributed by atoms with Crippen LogP contribution in [0.3, 0.4) is 0 Å². The molecule has 2 rings (SSSR count). The number of oxazole rings is 1. The minimum atomic E-state index is -0.376. The summed E-state index contributed by atoms with van der Waals surface area (Å²) in [4.78, 5) is 15.8. The maximum Gasteiger partial charge on any atom is 0.301 e. The van der Waals surface area contributed by atoms with Crippen molar-refractivity contribution in [3.8, 4) is 0 Å². The summed E-state index contributed by atoms with van der Waals surface area (Å²) < 4.78 is 5.03. The van der Waals surface area contributed by atoms with Gasteiger partial charge >= 0.3 is 6.01 Å². The molecule has 0 atom stereocenters. The first-order valence-corrected chi connectivity index (χ1v) is 6.31. The highest BCUT2D eigenvalue weighted by atomic mass is 32.1. The fourth-order valence-corrected chi connectivity index (χ4v) is 1.84. The molecule has 0 saturated carbocycles. The maximum atomic E-state index is 11.8. The molecule has 2 aromatic heterocycles. The van der Waals surface area contributed by atoms with Crippen LogP contribution in [0.1, 0.15) is 28.8 Å². The molecule has 1 amide bonds. The average Bonchev–Trinajstić information content (AvgIpc) is 2.96. The van der Waals surface area contributed by atoms with Crippen LogP contribution in [-0.2, 0) is 0 Å². The molecular formula is C10H13N5O2S. The largest absolute Gasteiger partial charge is 0.432 e. The average molecular weight is 267 g/mol. The van der Waals surface area contributed by atoms with Crippen LogP contribution < -0.4 is 10.6 Å². The third-order valence-electron chi connectivity index (χ3n) is 1.98. The molecule has 0 aliphatic carbocycles. The Balaban J connectivity index is 1.98. The second kappa shape index (κ2) is 5.58. The molecule has 2 N–H and O–H groups in total. The first-order chi connectivity index (χ1) is 8.69. The lowest BCUT2D eigenvalue weighted by Crippen LogP contribution is -2.11. The monoisotopic (exact) mass is 267 g/mol. The number of amides is 1. The van der Waals surface area contributed by atoms with E-state index in [1.807, 2.05) is 6.92 Å². The van der Waals surface area contributed by atoms with Gasteiger partial charge in [-0.1, -0.05) is 18.3 Å². The molecule has 0 spiro atoms. The summed E-state index contributed by atoms with van der Waals surface area (Å²) in [6.07, 6.45) is 2.45. The summed E-state index contributed by atoms with van der Waals surface area (Å²) >= 11 is 1.19. The summed E-state index contributed by atoms with van der Waals surface area (Å²) in [6, 6.07) is 0.163. The van der Waals surface area contributed by atoms with E-state index in [2.05, 4.69) is 25.8 Å². The Morgan fingerprint density at radius 2 is 2.33 bits per heavy atom. The molecule has 0 unspecified atom stereocenters. The third kappa shape index (κ3) is 3.04. The van der Waals surface area contributed by atoms with E-state index in [-0.39, 0.29) is 16.9 Å². The molecule has 0 fully saturated rings. The zero-order chi connectivity index (χ0) is 13.0. The van der Waals surface area contributed by atoms with Gasteiger partial charge in [0.25, 0.3) is 5.91 Å². The zero-order valence-electron chi connectivity index (χ0n) is 10.1. The molecule has 0 aliphatic rings. The van der Waals surface area contributed by atoms with Crippen molar-refractivity contribution in [2.24, 2.45) is 0 Å². The molecule has 2 heterocycles. The predicted molar refractivity (Wildman–Crippen MR) is 67.9 cm³/mol. The van der Waals surface area contributed by atoms with E-state index in [0.717, 1.165) is 13.0 Å². The van der Waals surface area contributed by atoms with Crippen molar-refractivity contribution < 1.29 is 9.21 Å². The minimum Gasteiger partial charge on any atom is -0.432 e. The second-order valence-corrected chi connectivity index (χ2v) is 4.56. The molecule has 18 heavy (non-hydrogen) atoms. The number of nitrogens with zero attached hydrogens (tertiary/aromatic N) is 3. The zero-order valence-corrected chi connectivity index (χ0v) is 10.9. The van der Waals surface area contributed by atoms with Crippen molar-refractivity contribution in [1.82, 2.24) is 15.2 Å². The Morgan fingerprint density at radius 3 is 3.00 bits per heavy atom. The number of aryl methyl sites for hydroxylation is 1. The van der Waals surface area contributed by atoms with Crippen molar-refractivity contribution in [2.75, 3.05) is 17.2 Å². The Hall–Kier alpha value is -1.96. The smallest absolute Gasteiger partial charge is 0.301 e. The molecule has 0 bridgehead atoms. The van der Waals surface area contributed by atoms with Crippen LogP contribution in [0.2, 0.25) is 0 Å². The van der Waals surface area contributed by atoms with Crippen molar-refractivity contribution in [2.45, 2.75) is 20.3 Å². The van der Waals surface area contributed by atoms with Crippen LogP contribution in [0.25, 0.3) is 0 Å². The van der Waals surface area contributed by atoms with Crippen LogP contribution >= 0.6 is 11.3 Å². The standard InChI is InChI=1S/C10H13N5O2S/c1-3-4-11-10-15-14-8(18-10)7(16)13-9-12-6(2)5-17-9/h5H,3-4H2,1-2H3,(H,11,15)(H,12,13,16). The van der Waals surface area contributed by atoms with Gasteiger partial charge in [-0.3, -0.25) is 10.1 Å². The quantitative estimate of drug-likeness (QED) is 0.859. The van der Waals surface area contributed by atoms with Crippen LogP contribution in [0.5, 0.6) is 0 Å². The molecule has 0 saturated heterocycles. The summed E-state index contributed by atoms with van der Waals surface area (Å²) in [5, 5.41) is 14.1. The van der Waals surface area contributed by atoms with Gasteiger partial charge in [0.05, 0.1) is 5.69 Å². The number of aromatic nitrogens is 3. The van der Waals surface area contributed by atoms with Gasteiger partial charge in [0.15, 0.2) is 0 Å². The number of hydrogen-bond acceptors (Lipinski definition) is 7. The third-order valence-corrected chi connectivity index (χ3v) is 2.86. The van der Waals surface area contributed by atoms with Crippen molar-refractivity contribution in [3.05, 3.63) is 17.0 Å². The Bertz CT molecular complexity index is 536. The molecule has 96 valence electrons. The number of carbonyl (C=O) groups excluding carboxylic acids is 1. The van der Waals surface area contributed by atoms with Gasteiger partial charge in [0, 0.05) is 6.54 Å². The highest BCUT2D eigenvalue weighted by Gasteiger charge is 2.14. The lowest BCUT2D eigenvalue weighted by atomic mass is 10.5. The van der Waals surface area contributed by atoms with Gasteiger partial charge in [-0.15, -0.1) is 10.2 Å². The van der Waals surface area contributed by atoms with Gasteiger partial charge in [0.2, 0.25) is 10.1 Å². The molecule has 7 nitrogen and oxygen atoms in total. The van der Waals surface area contributed by atoms with Crippen molar-refractivity contribution in [3.63, 3.8) is 0 Å².